The van der Waals surface area contributed by atoms with Gasteiger partial charge in [-0.1, -0.05) is 48.8 Å². The number of hydrogen-bond donors (Lipinski definition) is 0. The Morgan fingerprint density at radius 1 is 1.08 bits per heavy atom. The van der Waals surface area contributed by atoms with Crippen molar-refractivity contribution in [1.29, 1.82) is 0 Å². The molecule has 0 radical (unpaired) electrons. The van der Waals surface area contributed by atoms with E-state index in [4.69, 9.17) is 4.74 Å². The van der Waals surface area contributed by atoms with Gasteiger partial charge in [0.1, 0.15) is 11.4 Å². The lowest BCUT2D eigenvalue weighted by atomic mass is 9.83. The third-order valence-electron chi connectivity index (χ3n) is 3.99. The summed E-state index contributed by atoms with van der Waals surface area (Å²) in [5, 5.41) is 0. The highest BCUT2D eigenvalue weighted by molar-refractivity contribution is 9.10. The van der Waals surface area contributed by atoms with Crippen LogP contribution in [0.2, 0.25) is 0 Å². The summed E-state index contributed by atoms with van der Waals surface area (Å²) in [5.41, 5.74) is 0.492. The number of hydrogen-bond acceptors (Lipinski definition) is 3. The molecule has 0 N–H and O–H groups in total. The second-order valence-electron chi connectivity index (χ2n) is 8.29. The summed E-state index contributed by atoms with van der Waals surface area (Å²) in [6.45, 7) is 11.8. The van der Waals surface area contributed by atoms with Gasteiger partial charge in [-0.2, -0.15) is 0 Å². The van der Waals surface area contributed by atoms with Crippen LogP contribution in [0, 0.1) is 17.8 Å². The van der Waals surface area contributed by atoms with Crippen molar-refractivity contribution in [3.05, 3.63) is 34.3 Å². The Kier molecular flexibility index (Phi) is 8.33. The summed E-state index contributed by atoms with van der Waals surface area (Å²) < 4.78 is 6.58. The third kappa shape index (κ3) is 8.66. The molecule has 140 valence electrons. The summed E-state index contributed by atoms with van der Waals surface area (Å²) in [6, 6.07) is 7.78. The monoisotopic (exact) mass is 410 g/mol. The van der Waals surface area contributed by atoms with Crippen LogP contribution in [0.1, 0.15) is 59.9 Å². The van der Waals surface area contributed by atoms with Gasteiger partial charge >= 0.3 is 5.97 Å². The molecular weight excluding hydrogens is 380 g/mol. The van der Waals surface area contributed by atoms with Crippen LogP contribution in [-0.2, 0) is 20.7 Å². The average molecular weight is 411 g/mol. The van der Waals surface area contributed by atoms with Gasteiger partial charge in [-0.3, -0.25) is 9.59 Å². The van der Waals surface area contributed by atoms with E-state index in [0.717, 1.165) is 16.5 Å². The minimum atomic E-state index is -0.506. The summed E-state index contributed by atoms with van der Waals surface area (Å²) in [7, 11) is 0. The number of carbonyl (C=O) groups is 2. The number of ketones is 1. The maximum absolute atomic E-state index is 12.6. The van der Waals surface area contributed by atoms with Crippen molar-refractivity contribution < 1.29 is 14.3 Å². The summed E-state index contributed by atoms with van der Waals surface area (Å²) in [6.07, 6.45) is 1.54. The Hall–Kier alpha value is -1.16. The standard InChI is InChI=1S/C21H31BrO3/c1-14(2)11-19(20(24)25-21(4,5)6)15(3)12-18(23)13-16-7-9-17(22)10-8-16/h7-10,14-15,19H,11-13H2,1-6H3/t15-,19+/m1/s1. The van der Waals surface area contributed by atoms with Crippen LogP contribution >= 0.6 is 15.9 Å². The first-order valence-corrected chi connectivity index (χ1v) is 9.76. The van der Waals surface area contributed by atoms with E-state index in [2.05, 4.69) is 29.8 Å². The lowest BCUT2D eigenvalue weighted by Gasteiger charge is -2.28. The first kappa shape index (κ1) is 21.9. The van der Waals surface area contributed by atoms with Crippen molar-refractivity contribution in [3.8, 4) is 0 Å². The molecule has 25 heavy (non-hydrogen) atoms. The smallest absolute Gasteiger partial charge is 0.309 e. The Labute approximate surface area is 160 Å². The van der Waals surface area contributed by atoms with Gasteiger partial charge < -0.3 is 4.74 Å². The maximum Gasteiger partial charge on any atom is 0.309 e. The Balaban J connectivity index is 2.72. The van der Waals surface area contributed by atoms with Crippen molar-refractivity contribution >= 4 is 27.7 Å². The van der Waals surface area contributed by atoms with Crippen LogP contribution in [-0.4, -0.2) is 17.4 Å². The predicted octanol–water partition coefficient (Wildman–Crippen LogP) is 5.59. The second-order valence-corrected chi connectivity index (χ2v) is 9.21. The van der Waals surface area contributed by atoms with Crippen LogP contribution in [0.5, 0.6) is 0 Å². The number of ether oxygens (including phenoxy) is 1. The summed E-state index contributed by atoms with van der Waals surface area (Å²) in [5.74, 6) is 0.0760. The lowest BCUT2D eigenvalue weighted by molar-refractivity contribution is -0.162. The fraction of sp³-hybridized carbons (Fsp3) is 0.619. The Morgan fingerprint density at radius 2 is 1.64 bits per heavy atom. The van der Waals surface area contributed by atoms with Gasteiger partial charge in [0.05, 0.1) is 5.92 Å². The van der Waals surface area contributed by atoms with E-state index in [1.807, 2.05) is 52.0 Å². The molecule has 0 heterocycles. The molecule has 0 spiro atoms. The normalized spacial score (nSPS) is 14.2. The van der Waals surface area contributed by atoms with Gasteiger partial charge in [0.2, 0.25) is 0 Å². The first-order valence-electron chi connectivity index (χ1n) is 8.97. The van der Waals surface area contributed by atoms with Crippen molar-refractivity contribution in [2.75, 3.05) is 0 Å². The zero-order chi connectivity index (χ0) is 19.2. The van der Waals surface area contributed by atoms with E-state index in [0.29, 0.717) is 18.8 Å². The number of carbonyl (C=O) groups excluding carboxylic acids is 2. The summed E-state index contributed by atoms with van der Waals surface area (Å²) >= 11 is 3.40. The van der Waals surface area contributed by atoms with E-state index in [9.17, 15) is 9.59 Å². The van der Waals surface area contributed by atoms with Crippen LogP contribution < -0.4 is 0 Å². The summed E-state index contributed by atoms with van der Waals surface area (Å²) in [4.78, 5) is 25.0. The van der Waals surface area contributed by atoms with Crippen molar-refractivity contribution in [3.63, 3.8) is 0 Å². The molecular formula is C21H31BrO3. The number of benzene rings is 1. The first-order chi connectivity index (χ1) is 11.5. The topological polar surface area (TPSA) is 43.4 Å². The molecule has 1 aromatic carbocycles. The third-order valence-corrected chi connectivity index (χ3v) is 4.51. The highest BCUT2D eigenvalue weighted by atomic mass is 79.9. The van der Waals surface area contributed by atoms with E-state index < -0.39 is 5.60 Å². The molecule has 0 saturated carbocycles. The molecule has 1 aromatic rings. The molecule has 0 fully saturated rings. The second kappa shape index (κ2) is 9.51. The maximum atomic E-state index is 12.6. The quantitative estimate of drug-likeness (QED) is 0.524. The number of rotatable bonds is 8. The SMILES string of the molecule is CC(C)C[C@H](C(=O)OC(C)(C)C)[C@H](C)CC(=O)Cc1ccc(Br)cc1. The van der Waals surface area contributed by atoms with Crippen LogP contribution in [0.25, 0.3) is 0 Å². The van der Waals surface area contributed by atoms with Crippen molar-refractivity contribution in [1.82, 2.24) is 0 Å². The molecule has 1 rings (SSSR count). The van der Waals surface area contributed by atoms with E-state index >= 15 is 0 Å². The number of halogens is 1. The Bertz CT molecular complexity index is 570. The van der Waals surface area contributed by atoms with Crippen LogP contribution in [0.15, 0.2) is 28.7 Å². The molecule has 0 saturated heterocycles. The minimum absolute atomic E-state index is 0.0276. The highest BCUT2D eigenvalue weighted by Crippen LogP contribution is 2.27. The van der Waals surface area contributed by atoms with Crippen molar-refractivity contribution in [2.24, 2.45) is 17.8 Å². The van der Waals surface area contributed by atoms with E-state index in [1.54, 1.807) is 0 Å². The molecule has 0 aliphatic heterocycles. The average Bonchev–Trinajstić information content (AvgIpc) is 2.44. The number of esters is 1. The largest absolute Gasteiger partial charge is 0.460 e. The molecule has 2 atom stereocenters. The molecule has 0 bridgehead atoms. The van der Waals surface area contributed by atoms with Gasteiger partial charge in [0.15, 0.2) is 0 Å². The molecule has 3 nitrogen and oxygen atoms in total. The number of Topliss-reactive ketones (excluding diaryl/α,β-unsaturated/α-hetero) is 1. The minimum Gasteiger partial charge on any atom is -0.460 e. The molecule has 0 amide bonds. The van der Waals surface area contributed by atoms with Gasteiger partial charge in [0, 0.05) is 17.3 Å². The van der Waals surface area contributed by atoms with Crippen molar-refractivity contribution in [2.45, 2.75) is 66.4 Å². The molecule has 4 heteroatoms. The van der Waals surface area contributed by atoms with E-state index in [1.165, 1.54) is 0 Å². The zero-order valence-corrected chi connectivity index (χ0v) is 17.9. The predicted molar refractivity (Wildman–Crippen MR) is 105 cm³/mol. The van der Waals surface area contributed by atoms with Gasteiger partial charge in [0.25, 0.3) is 0 Å². The van der Waals surface area contributed by atoms with Gasteiger partial charge in [-0.15, -0.1) is 0 Å². The fourth-order valence-electron chi connectivity index (χ4n) is 2.85. The van der Waals surface area contributed by atoms with Crippen LogP contribution in [0.3, 0.4) is 0 Å². The molecule has 0 aliphatic rings. The van der Waals surface area contributed by atoms with E-state index in [-0.39, 0.29) is 23.6 Å². The van der Waals surface area contributed by atoms with Gasteiger partial charge in [-0.25, -0.2) is 0 Å². The Morgan fingerprint density at radius 3 is 2.12 bits per heavy atom. The van der Waals surface area contributed by atoms with Gasteiger partial charge in [-0.05, 0) is 56.7 Å². The van der Waals surface area contributed by atoms with Crippen LogP contribution in [0.4, 0.5) is 0 Å². The fourth-order valence-corrected chi connectivity index (χ4v) is 3.11. The zero-order valence-electron chi connectivity index (χ0n) is 16.3. The highest BCUT2D eigenvalue weighted by Gasteiger charge is 2.31. The lowest BCUT2D eigenvalue weighted by Crippen LogP contribution is -2.33. The molecule has 0 aromatic heterocycles. The molecule has 0 aliphatic carbocycles. The molecule has 0 unspecified atom stereocenters.